The van der Waals surface area contributed by atoms with Crippen LogP contribution in [0.1, 0.15) is 6.92 Å². The van der Waals surface area contributed by atoms with Crippen LogP contribution in [0.3, 0.4) is 0 Å². The third-order valence-electron chi connectivity index (χ3n) is 5.43. The first kappa shape index (κ1) is 27.9. The van der Waals surface area contributed by atoms with Gasteiger partial charge in [-0.1, -0.05) is 0 Å². The molecule has 1 aliphatic heterocycles. The number of aliphatic hydroxyl groups is 8. The molecule has 13 nitrogen and oxygen atoms in total. The molecule has 0 radical (unpaired) electrons. The van der Waals surface area contributed by atoms with Gasteiger partial charge in [0.1, 0.15) is 0 Å². The van der Waals surface area contributed by atoms with E-state index < -0.39 is 105 Å². The van der Waals surface area contributed by atoms with Gasteiger partial charge in [-0.2, -0.15) is 0 Å². The van der Waals surface area contributed by atoms with Gasteiger partial charge in [-0.15, -0.1) is 0 Å². The second-order valence-electron chi connectivity index (χ2n) is 7.73. The molecule has 1 aliphatic carbocycles. The molecule has 9 N–H and O–H groups in total. The van der Waals surface area contributed by atoms with Crippen LogP contribution in [0.15, 0.2) is 0 Å². The molecular formula is C17H30AsNO12S. The molecule has 2 fully saturated rings. The predicted molar refractivity (Wildman–Crippen MR) is 110 cm³/mol. The van der Waals surface area contributed by atoms with Gasteiger partial charge in [0.2, 0.25) is 0 Å². The molecule has 0 bridgehead atoms. The number of carbonyl (C=O) groups excluding carboxylic acids is 2. The van der Waals surface area contributed by atoms with E-state index in [0.29, 0.717) is 0 Å². The number of nitrogens with one attached hydrogen (secondary N) is 1. The van der Waals surface area contributed by atoms with Gasteiger partial charge in [0.25, 0.3) is 0 Å². The summed E-state index contributed by atoms with van der Waals surface area (Å²) in [5, 5.41) is 82.7. The predicted octanol–water partition coefficient (Wildman–Crippen LogP) is -6.19. The van der Waals surface area contributed by atoms with E-state index in [1.54, 1.807) is 0 Å². The van der Waals surface area contributed by atoms with Crippen molar-refractivity contribution in [3.05, 3.63) is 0 Å². The molecule has 0 aromatic heterocycles. The Balaban J connectivity index is 2.27. The SMILES string of the molecule is CC(=O)N[C@H](CS)C(=O)[AsH][C@H]1[C@@H](OC2[C@@H](O)[C@H](O)C(O)[C@H](O)[C@@H]2O)O[C@H](CO)[C@@H](O)[C@@H]1O. The van der Waals surface area contributed by atoms with Crippen molar-refractivity contribution in [2.45, 2.75) is 78.9 Å². The Hall–Kier alpha value is -0.352. The van der Waals surface area contributed by atoms with E-state index in [1.165, 1.54) is 6.92 Å². The summed E-state index contributed by atoms with van der Waals surface area (Å²) in [6.07, 6.45) is -17.1. The van der Waals surface area contributed by atoms with Crippen molar-refractivity contribution in [1.82, 2.24) is 5.32 Å². The molecule has 0 aromatic rings. The van der Waals surface area contributed by atoms with Gasteiger partial charge in [-0.25, -0.2) is 0 Å². The molecule has 32 heavy (non-hydrogen) atoms. The number of hydrogen-bond acceptors (Lipinski definition) is 13. The van der Waals surface area contributed by atoms with Gasteiger partial charge < -0.3 is 0 Å². The number of aliphatic hydroxyl groups excluding tert-OH is 8. The summed E-state index contributed by atoms with van der Waals surface area (Å²) in [5.74, 6) is -0.512. The first-order valence-corrected chi connectivity index (χ1v) is 12.7. The van der Waals surface area contributed by atoms with E-state index in [-0.39, 0.29) is 5.75 Å². The number of amides is 1. The molecule has 1 amide bonds. The number of thiol groups is 1. The standard InChI is InChI=1S/C17H30AsNO12S/c1-4(21)19-5(3-32)16(29)18-7-9(23)8(22)6(2-20)30-17(7)31-15-13(27)11(25)10(24)12(26)14(15)28/h5-15,17-18,20,22-28,32H,2-3H2,1H3,(H,19,21)/t5-,6-,7-,8-,9-,10?,11-,12+,13+,14+,15?,17-/m1/s1. The van der Waals surface area contributed by atoms with Crippen molar-refractivity contribution in [1.29, 1.82) is 0 Å². The summed E-state index contributed by atoms with van der Waals surface area (Å²) in [5.41, 5.74) is 0. The molecule has 3 unspecified atom stereocenters. The van der Waals surface area contributed by atoms with Crippen LogP contribution < -0.4 is 5.32 Å². The third-order valence-corrected chi connectivity index (χ3v) is 9.11. The molecule has 1 saturated carbocycles. The Kier molecular flexibility index (Phi) is 10.3. The second-order valence-corrected chi connectivity index (χ2v) is 11.1. The van der Waals surface area contributed by atoms with E-state index in [4.69, 9.17) is 9.47 Å². The Bertz CT molecular complexity index is 645. The van der Waals surface area contributed by atoms with Crippen LogP contribution in [0.25, 0.3) is 0 Å². The topological polar surface area (TPSA) is 226 Å². The number of hydrogen-bond donors (Lipinski definition) is 10. The van der Waals surface area contributed by atoms with Crippen molar-refractivity contribution in [3.8, 4) is 0 Å². The van der Waals surface area contributed by atoms with Crippen LogP contribution >= 0.6 is 12.6 Å². The normalized spacial score (nSPS) is 43.9. The number of carbonyl (C=O) groups is 2. The van der Waals surface area contributed by atoms with E-state index >= 15 is 0 Å². The molecule has 0 spiro atoms. The van der Waals surface area contributed by atoms with Gasteiger partial charge in [-0.05, 0) is 0 Å². The fourth-order valence-electron chi connectivity index (χ4n) is 3.57. The fourth-order valence-corrected chi connectivity index (χ4v) is 7.05. The number of rotatable bonds is 8. The van der Waals surface area contributed by atoms with Crippen LogP contribution in [0.4, 0.5) is 0 Å². The van der Waals surface area contributed by atoms with E-state index in [0.717, 1.165) is 0 Å². The molecule has 1 saturated heterocycles. The van der Waals surface area contributed by atoms with Crippen molar-refractivity contribution in [2.24, 2.45) is 0 Å². The Morgan fingerprint density at radius 1 is 0.969 bits per heavy atom. The zero-order valence-corrected chi connectivity index (χ0v) is 20.0. The summed E-state index contributed by atoms with van der Waals surface area (Å²) in [4.78, 5) is 24.0. The zero-order valence-electron chi connectivity index (χ0n) is 17.0. The Morgan fingerprint density at radius 2 is 1.50 bits per heavy atom. The molecule has 2 rings (SSSR count). The van der Waals surface area contributed by atoms with Crippen LogP contribution in [0, 0.1) is 0 Å². The van der Waals surface area contributed by atoms with Crippen molar-refractivity contribution >= 4 is 38.9 Å². The first-order valence-electron chi connectivity index (χ1n) is 9.81. The summed E-state index contributed by atoms with van der Waals surface area (Å²) in [7, 11) is 0. The average Bonchev–Trinajstić information content (AvgIpc) is 2.76. The quantitative estimate of drug-likeness (QED) is 0.101. The van der Waals surface area contributed by atoms with Crippen LogP contribution in [0.2, 0.25) is 4.71 Å². The molecule has 186 valence electrons. The summed E-state index contributed by atoms with van der Waals surface area (Å²) >= 11 is 2.12. The minimum atomic E-state index is -1.91. The van der Waals surface area contributed by atoms with E-state index in [2.05, 4.69) is 17.9 Å². The summed E-state index contributed by atoms with van der Waals surface area (Å²) < 4.78 is 9.37. The zero-order chi connectivity index (χ0) is 24.3. The summed E-state index contributed by atoms with van der Waals surface area (Å²) in [6.45, 7) is 0.477. The van der Waals surface area contributed by atoms with Crippen LogP contribution in [-0.4, -0.2) is 147 Å². The second kappa shape index (κ2) is 11.9. The first-order chi connectivity index (χ1) is 14.9. The number of ether oxygens (including phenoxy) is 2. The molecule has 0 aromatic carbocycles. The average molecular weight is 547 g/mol. The molecule has 13 atom stereocenters. The molecular weight excluding hydrogens is 517 g/mol. The molecule has 15 heteroatoms. The van der Waals surface area contributed by atoms with Gasteiger partial charge in [-0.3, -0.25) is 0 Å². The molecule has 1 heterocycles. The van der Waals surface area contributed by atoms with Crippen molar-refractivity contribution in [3.63, 3.8) is 0 Å². The Labute approximate surface area is 195 Å². The monoisotopic (exact) mass is 547 g/mol. The molecule has 2 aliphatic rings. The van der Waals surface area contributed by atoms with E-state index in [9.17, 15) is 50.4 Å². The Morgan fingerprint density at radius 3 is 1.97 bits per heavy atom. The van der Waals surface area contributed by atoms with Crippen molar-refractivity contribution in [2.75, 3.05) is 12.4 Å². The fraction of sp³-hybridized carbons (Fsp3) is 0.882. The maximum atomic E-state index is 12.7. The van der Waals surface area contributed by atoms with Crippen LogP contribution in [0.5, 0.6) is 0 Å². The van der Waals surface area contributed by atoms with Gasteiger partial charge in [0.05, 0.1) is 0 Å². The summed E-state index contributed by atoms with van der Waals surface area (Å²) in [6, 6.07) is -0.971. The third kappa shape index (κ3) is 6.01. The van der Waals surface area contributed by atoms with Gasteiger partial charge in [0, 0.05) is 0 Å². The van der Waals surface area contributed by atoms with Crippen LogP contribution in [-0.2, 0) is 19.1 Å². The van der Waals surface area contributed by atoms with Gasteiger partial charge in [0.15, 0.2) is 0 Å². The van der Waals surface area contributed by atoms with Crippen molar-refractivity contribution < 1.29 is 59.9 Å². The van der Waals surface area contributed by atoms with Gasteiger partial charge >= 0.3 is 195 Å². The maximum absolute atomic E-state index is 12.7. The minimum absolute atomic E-state index is 0.0325. The van der Waals surface area contributed by atoms with E-state index in [1.807, 2.05) is 0 Å².